The van der Waals surface area contributed by atoms with Crippen molar-refractivity contribution in [2.45, 2.75) is 39.1 Å². The predicted octanol–water partition coefficient (Wildman–Crippen LogP) is 3.88. The number of carbonyl (C=O) groups is 1. The first-order valence-corrected chi connectivity index (χ1v) is 9.37. The monoisotopic (exact) mass is 372 g/mol. The molecule has 4 nitrogen and oxygen atoms in total. The van der Waals surface area contributed by atoms with E-state index in [9.17, 15) is 4.79 Å². The molecule has 1 amide bonds. The highest BCUT2D eigenvalue weighted by molar-refractivity contribution is 6.30. The summed E-state index contributed by atoms with van der Waals surface area (Å²) in [5.41, 5.74) is 2.92. The van der Waals surface area contributed by atoms with Crippen LogP contribution in [0, 0.1) is 0 Å². The fourth-order valence-corrected chi connectivity index (χ4v) is 3.54. The molecule has 1 aliphatic rings. The third-order valence-corrected chi connectivity index (χ3v) is 4.70. The molecule has 1 heterocycles. The first kappa shape index (κ1) is 18.9. The molecule has 0 saturated carbocycles. The van der Waals surface area contributed by atoms with Crippen molar-refractivity contribution in [1.82, 2.24) is 10.2 Å². The molecule has 138 valence electrons. The number of rotatable bonds is 5. The highest BCUT2D eigenvalue weighted by Gasteiger charge is 2.21. The largest absolute Gasteiger partial charge is 0.373 e. The van der Waals surface area contributed by atoms with Gasteiger partial charge < -0.3 is 10.1 Å². The Morgan fingerprint density at radius 3 is 2.42 bits per heavy atom. The Bertz CT molecular complexity index is 738. The standard InChI is InChI=1S/C21H25ClN2O2/c1-15-12-24(13-16(2)26-15)14-18-8-6-17(7-9-18)11-23-21(25)19-4-3-5-20(22)10-19/h3-10,15-16H,11-14H2,1-2H3,(H,23,25). The van der Waals surface area contributed by atoms with Gasteiger partial charge in [-0.25, -0.2) is 0 Å². The molecule has 0 bridgehead atoms. The Balaban J connectivity index is 1.52. The normalized spacial score (nSPS) is 20.7. The van der Waals surface area contributed by atoms with Crippen molar-refractivity contribution in [3.05, 3.63) is 70.2 Å². The van der Waals surface area contributed by atoms with Gasteiger partial charge in [0.05, 0.1) is 12.2 Å². The van der Waals surface area contributed by atoms with Crippen LogP contribution < -0.4 is 5.32 Å². The van der Waals surface area contributed by atoms with Gasteiger partial charge in [-0.2, -0.15) is 0 Å². The number of carbonyl (C=O) groups excluding carboxylic acids is 1. The van der Waals surface area contributed by atoms with E-state index >= 15 is 0 Å². The summed E-state index contributed by atoms with van der Waals surface area (Å²) in [6, 6.07) is 15.4. The van der Waals surface area contributed by atoms with E-state index in [0.717, 1.165) is 25.2 Å². The molecule has 2 aromatic carbocycles. The van der Waals surface area contributed by atoms with Gasteiger partial charge in [-0.15, -0.1) is 0 Å². The molecule has 26 heavy (non-hydrogen) atoms. The van der Waals surface area contributed by atoms with Crippen molar-refractivity contribution in [3.8, 4) is 0 Å². The Morgan fingerprint density at radius 2 is 1.77 bits per heavy atom. The zero-order valence-electron chi connectivity index (χ0n) is 15.2. The van der Waals surface area contributed by atoms with Gasteiger partial charge in [0.15, 0.2) is 0 Å². The van der Waals surface area contributed by atoms with Crippen LogP contribution in [0.4, 0.5) is 0 Å². The summed E-state index contributed by atoms with van der Waals surface area (Å²) < 4.78 is 5.78. The molecule has 1 saturated heterocycles. The van der Waals surface area contributed by atoms with Gasteiger partial charge in [-0.05, 0) is 43.2 Å². The van der Waals surface area contributed by atoms with E-state index in [1.54, 1.807) is 24.3 Å². The van der Waals surface area contributed by atoms with Crippen LogP contribution in [-0.4, -0.2) is 36.1 Å². The number of ether oxygens (including phenoxy) is 1. The molecule has 1 fully saturated rings. The molecule has 1 N–H and O–H groups in total. The second-order valence-corrected chi connectivity index (χ2v) is 7.40. The molecule has 0 aliphatic carbocycles. The summed E-state index contributed by atoms with van der Waals surface area (Å²) in [6.07, 6.45) is 0.555. The first-order chi connectivity index (χ1) is 12.5. The number of hydrogen-bond acceptors (Lipinski definition) is 3. The second kappa shape index (κ2) is 8.67. The molecule has 3 rings (SSSR count). The van der Waals surface area contributed by atoms with Crippen LogP contribution in [0.1, 0.15) is 35.3 Å². The average molecular weight is 373 g/mol. The van der Waals surface area contributed by atoms with E-state index in [2.05, 4.69) is 48.3 Å². The fourth-order valence-electron chi connectivity index (χ4n) is 3.35. The van der Waals surface area contributed by atoms with E-state index in [4.69, 9.17) is 16.3 Å². The summed E-state index contributed by atoms with van der Waals surface area (Å²) in [6.45, 7) is 7.58. The molecule has 5 heteroatoms. The van der Waals surface area contributed by atoms with Crippen molar-refractivity contribution < 1.29 is 9.53 Å². The highest BCUT2D eigenvalue weighted by Crippen LogP contribution is 2.15. The van der Waals surface area contributed by atoms with Gasteiger partial charge in [0.2, 0.25) is 0 Å². The molecular formula is C21H25ClN2O2. The van der Waals surface area contributed by atoms with E-state index in [-0.39, 0.29) is 18.1 Å². The predicted molar refractivity (Wildman–Crippen MR) is 104 cm³/mol. The van der Waals surface area contributed by atoms with Crippen molar-refractivity contribution in [3.63, 3.8) is 0 Å². The van der Waals surface area contributed by atoms with Gasteiger partial charge in [0.1, 0.15) is 0 Å². The lowest BCUT2D eigenvalue weighted by Gasteiger charge is -2.35. The third-order valence-electron chi connectivity index (χ3n) is 4.46. The van der Waals surface area contributed by atoms with Gasteiger partial charge in [-0.3, -0.25) is 9.69 Å². The van der Waals surface area contributed by atoms with Crippen LogP contribution in [0.3, 0.4) is 0 Å². The quantitative estimate of drug-likeness (QED) is 0.866. The number of amides is 1. The Morgan fingerprint density at radius 1 is 1.12 bits per heavy atom. The maximum atomic E-state index is 12.2. The average Bonchev–Trinajstić information content (AvgIpc) is 2.60. The lowest BCUT2D eigenvalue weighted by Crippen LogP contribution is -2.44. The van der Waals surface area contributed by atoms with Crippen LogP contribution in [0.15, 0.2) is 48.5 Å². The zero-order valence-corrected chi connectivity index (χ0v) is 16.0. The maximum absolute atomic E-state index is 12.2. The molecule has 2 aromatic rings. The topological polar surface area (TPSA) is 41.6 Å². The van der Waals surface area contributed by atoms with E-state index in [1.807, 2.05) is 0 Å². The van der Waals surface area contributed by atoms with E-state index in [1.165, 1.54) is 5.56 Å². The van der Waals surface area contributed by atoms with Gasteiger partial charge in [0.25, 0.3) is 5.91 Å². The molecule has 0 spiro atoms. The van der Waals surface area contributed by atoms with Gasteiger partial charge in [-0.1, -0.05) is 41.9 Å². The van der Waals surface area contributed by atoms with Crippen molar-refractivity contribution >= 4 is 17.5 Å². The number of nitrogens with one attached hydrogen (secondary N) is 1. The number of benzene rings is 2. The van der Waals surface area contributed by atoms with Gasteiger partial charge >= 0.3 is 0 Å². The van der Waals surface area contributed by atoms with Gasteiger partial charge in [0, 0.05) is 36.8 Å². The lowest BCUT2D eigenvalue weighted by molar-refractivity contribution is -0.0704. The summed E-state index contributed by atoms with van der Waals surface area (Å²) in [5.74, 6) is -0.118. The van der Waals surface area contributed by atoms with Crippen molar-refractivity contribution in [2.75, 3.05) is 13.1 Å². The molecule has 0 radical (unpaired) electrons. The summed E-state index contributed by atoms with van der Waals surface area (Å²) in [5, 5.41) is 3.49. The fraction of sp³-hybridized carbons (Fsp3) is 0.381. The van der Waals surface area contributed by atoms with Crippen LogP contribution in [-0.2, 0) is 17.8 Å². The van der Waals surface area contributed by atoms with E-state index in [0.29, 0.717) is 17.1 Å². The number of nitrogens with zero attached hydrogens (tertiary/aromatic N) is 1. The SMILES string of the molecule is CC1CN(Cc2ccc(CNC(=O)c3cccc(Cl)c3)cc2)CC(C)O1. The Hall–Kier alpha value is -1.88. The van der Waals surface area contributed by atoms with Crippen LogP contribution in [0.25, 0.3) is 0 Å². The summed E-state index contributed by atoms with van der Waals surface area (Å²) in [7, 11) is 0. The van der Waals surface area contributed by atoms with Crippen molar-refractivity contribution in [1.29, 1.82) is 0 Å². The molecule has 0 aromatic heterocycles. The smallest absolute Gasteiger partial charge is 0.251 e. The molecule has 2 atom stereocenters. The van der Waals surface area contributed by atoms with Crippen molar-refractivity contribution in [2.24, 2.45) is 0 Å². The summed E-state index contributed by atoms with van der Waals surface area (Å²) >= 11 is 5.93. The van der Waals surface area contributed by atoms with Crippen LogP contribution in [0.5, 0.6) is 0 Å². The lowest BCUT2D eigenvalue weighted by atomic mass is 10.1. The second-order valence-electron chi connectivity index (χ2n) is 6.96. The Labute approximate surface area is 160 Å². The minimum absolute atomic E-state index is 0.118. The number of morpholine rings is 1. The third kappa shape index (κ3) is 5.31. The number of halogens is 1. The summed E-state index contributed by atoms with van der Waals surface area (Å²) in [4.78, 5) is 14.6. The molecular weight excluding hydrogens is 348 g/mol. The minimum atomic E-state index is -0.118. The van der Waals surface area contributed by atoms with E-state index < -0.39 is 0 Å². The zero-order chi connectivity index (χ0) is 18.5. The van der Waals surface area contributed by atoms with Crippen LogP contribution >= 0.6 is 11.6 Å². The minimum Gasteiger partial charge on any atom is -0.373 e. The number of hydrogen-bond donors (Lipinski definition) is 1. The van der Waals surface area contributed by atoms with Crippen LogP contribution in [0.2, 0.25) is 5.02 Å². The molecule has 2 unspecified atom stereocenters. The molecule has 1 aliphatic heterocycles. The Kier molecular flexibility index (Phi) is 6.30. The first-order valence-electron chi connectivity index (χ1n) is 8.99. The maximum Gasteiger partial charge on any atom is 0.251 e. The highest BCUT2D eigenvalue weighted by atomic mass is 35.5.